The fourth-order valence-corrected chi connectivity index (χ4v) is 3.88. The van der Waals surface area contributed by atoms with Crippen LogP contribution in [0.15, 0.2) is 60.7 Å². The molecule has 1 fully saturated rings. The van der Waals surface area contributed by atoms with Crippen molar-refractivity contribution in [1.82, 2.24) is 4.98 Å². The predicted octanol–water partition coefficient (Wildman–Crippen LogP) is 4.70. The Morgan fingerprint density at radius 3 is 2.42 bits per heavy atom. The lowest BCUT2D eigenvalue weighted by molar-refractivity contribution is 0.0600. The van der Waals surface area contributed by atoms with Gasteiger partial charge in [0, 0.05) is 18.7 Å². The van der Waals surface area contributed by atoms with Crippen LogP contribution in [0.2, 0.25) is 0 Å². The molecule has 158 valence electrons. The molecule has 3 aromatic rings. The van der Waals surface area contributed by atoms with Gasteiger partial charge >= 0.3 is 5.97 Å². The summed E-state index contributed by atoms with van der Waals surface area (Å²) >= 11 is 0. The minimum Gasteiger partial charge on any atom is -0.465 e. The number of nitrogens with one attached hydrogen (secondary N) is 1. The second-order valence-corrected chi connectivity index (χ2v) is 7.57. The number of pyridine rings is 1. The van der Waals surface area contributed by atoms with Crippen molar-refractivity contribution >= 4 is 23.3 Å². The Labute approximate surface area is 181 Å². The quantitative estimate of drug-likeness (QED) is 0.612. The van der Waals surface area contributed by atoms with E-state index in [4.69, 9.17) is 4.74 Å². The van der Waals surface area contributed by atoms with Gasteiger partial charge in [-0.2, -0.15) is 0 Å². The van der Waals surface area contributed by atoms with Gasteiger partial charge in [-0.15, -0.1) is 0 Å². The van der Waals surface area contributed by atoms with Crippen LogP contribution in [0.3, 0.4) is 0 Å². The third-order valence-electron chi connectivity index (χ3n) is 5.51. The van der Waals surface area contributed by atoms with Gasteiger partial charge in [0.05, 0.1) is 41.0 Å². The fourth-order valence-electron chi connectivity index (χ4n) is 3.88. The smallest absolute Gasteiger partial charge is 0.337 e. The molecule has 31 heavy (non-hydrogen) atoms. The highest BCUT2D eigenvalue weighted by molar-refractivity contribution is 6.07. The number of benzene rings is 2. The topological polar surface area (TPSA) is 71.5 Å². The Balaban J connectivity index is 1.63. The van der Waals surface area contributed by atoms with E-state index in [9.17, 15) is 9.59 Å². The third-order valence-corrected chi connectivity index (χ3v) is 5.51. The van der Waals surface area contributed by atoms with Crippen molar-refractivity contribution in [3.05, 3.63) is 77.5 Å². The summed E-state index contributed by atoms with van der Waals surface area (Å²) in [6.07, 6.45) is 2.21. The second kappa shape index (κ2) is 9.00. The van der Waals surface area contributed by atoms with E-state index in [0.29, 0.717) is 22.5 Å². The molecule has 0 spiro atoms. The molecule has 1 aliphatic rings. The first kappa shape index (κ1) is 20.6. The highest BCUT2D eigenvalue weighted by Crippen LogP contribution is 2.31. The maximum absolute atomic E-state index is 13.1. The summed E-state index contributed by atoms with van der Waals surface area (Å²) in [5.41, 5.74) is 4.86. The van der Waals surface area contributed by atoms with E-state index in [1.54, 1.807) is 18.2 Å². The molecule has 4 rings (SSSR count). The molecule has 0 bridgehead atoms. The van der Waals surface area contributed by atoms with Crippen LogP contribution in [0.4, 0.5) is 11.4 Å². The number of carbonyl (C=O) groups excluding carboxylic acids is 2. The van der Waals surface area contributed by atoms with Gasteiger partial charge in [-0.05, 0) is 50.1 Å². The Hall–Kier alpha value is -3.67. The molecule has 0 aliphatic carbocycles. The number of esters is 1. The molecule has 1 N–H and O–H groups in total. The number of hydrogen-bond donors (Lipinski definition) is 1. The summed E-state index contributed by atoms with van der Waals surface area (Å²) in [7, 11) is 1.35. The van der Waals surface area contributed by atoms with Crippen LogP contribution in [0, 0.1) is 6.92 Å². The molecule has 0 unspecified atom stereocenters. The highest BCUT2D eigenvalue weighted by atomic mass is 16.5. The predicted molar refractivity (Wildman–Crippen MR) is 122 cm³/mol. The molecule has 1 amide bonds. The van der Waals surface area contributed by atoms with Gasteiger partial charge in [-0.3, -0.25) is 9.78 Å². The van der Waals surface area contributed by atoms with Crippen LogP contribution < -0.4 is 10.2 Å². The van der Waals surface area contributed by atoms with E-state index in [1.165, 1.54) is 7.11 Å². The standard InChI is InChI=1S/C25H25N3O3/c1-17-20(11-12-21(26-17)18-8-4-3-5-9-18)24(29)27-22-16-19(25(30)31-2)10-13-23(22)28-14-6-7-15-28/h3-5,8-13,16H,6-7,14-15H2,1-2H3,(H,27,29). The van der Waals surface area contributed by atoms with Crippen LogP contribution in [-0.4, -0.2) is 37.1 Å². The number of anilines is 2. The van der Waals surface area contributed by atoms with Gasteiger partial charge in [-0.1, -0.05) is 30.3 Å². The van der Waals surface area contributed by atoms with Crippen molar-refractivity contribution in [1.29, 1.82) is 0 Å². The monoisotopic (exact) mass is 415 g/mol. The molecule has 1 saturated heterocycles. The van der Waals surface area contributed by atoms with E-state index in [2.05, 4.69) is 15.2 Å². The normalized spacial score (nSPS) is 13.2. The minimum atomic E-state index is -0.437. The highest BCUT2D eigenvalue weighted by Gasteiger charge is 2.20. The van der Waals surface area contributed by atoms with Gasteiger partial charge in [0.1, 0.15) is 0 Å². The first-order valence-corrected chi connectivity index (χ1v) is 10.4. The Morgan fingerprint density at radius 1 is 1.00 bits per heavy atom. The number of aromatic nitrogens is 1. The van der Waals surface area contributed by atoms with E-state index < -0.39 is 5.97 Å². The zero-order chi connectivity index (χ0) is 21.8. The molecule has 1 aromatic heterocycles. The Bertz CT molecular complexity index is 1110. The van der Waals surface area contributed by atoms with E-state index in [1.807, 2.05) is 49.4 Å². The molecule has 6 heteroatoms. The van der Waals surface area contributed by atoms with Gasteiger partial charge < -0.3 is 15.0 Å². The molecule has 0 radical (unpaired) electrons. The van der Waals surface area contributed by atoms with E-state index in [0.717, 1.165) is 42.9 Å². The van der Waals surface area contributed by atoms with E-state index >= 15 is 0 Å². The molecule has 0 saturated carbocycles. The average Bonchev–Trinajstić information content (AvgIpc) is 3.33. The first-order valence-electron chi connectivity index (χ1n) is 10.4. The van der Waals surface area contributed by atoms with Gasteiger partial charge in [-0.25, -0.2) is 4.79 Å². The zero-order valence-electron chi connectivity index (χ0n) is 17.7. The Morgan fingerprint density at radius 2 is 1.74 bits per heavy atom. The van der Waals surface area contributed by atoms with Crippen molar-refractivity contribution in [3.63, 3.8) is 0 Å². The molecule has 2 aromatic carbocycles. The Kier molecular flexibility index (Phi) is 5.98. The summed E-state index contributed by atoms with van der Waals surface area (Å²) in [6, 6.07) is 18.8. The van der Waals surface area contributed by atoms with Gasteiger partial charge in [0.25, 0.3) is 5.91 Å². The summed E-state index contributed by atoms with van der Waals surface area (Å²) in [6.45, 7) is 3.67. The SMILES string of the molecule is COC(=O)c1ccc(N2CCCC2)c(NC(=O)c2ccc(-c3ccccc3)nc2C)c1. The molecule has 6 nitrogen and oxygen atoms in total. The van der Waals surface area contributed by atoms with Crippen LogP contribution in [0.5, 0.6) is 0 Å². The molecule has 2 heterocycles. The first-order chi connectivity index (χ1) is 15.1. The lowest BCUT2D eigenvalue weighted by atomic mass is 10.1. The summed E-state index contributed by atoms with van der Waals surface area (Å²) < 4.78 is 4.85. The fraction of sp³-hybridized carbons (Fsp3) is 0.240. The number of ether oxygens (including phenoxy) is 1. The summed E-state index contributed by atoms with van der Waals surface area (Å²) in [5, 5.41) is 2.99. The largest absolute Gasteiger partial charge is 0.465 e. The zero-order valence-corrected chi connectivity index (χ0v) is 17.7. The van der Waals surface area contributed by atoms with Crippen molar-refractivity contribution in [2.45, 2.75) is 19.8 Å². The second-order valence-electron chi connectivity index (χ2n) is 7.57. The molecule has 0 atom stereocenters. The van der Waals surface area contributed by atoms with Gasteiger partial charge in [0.15, 0.2) is 0 Å². The van der Waals surface area contributed by atoms with Crippen LogP contribution in [-0.2, 0) is 4.74 Å². The van der Waals surface area contributed by atoms with Crippen molar-refractivity contribution in [2.75, 3.05) is 30.4 Å². The van der Waals surface area contributed by atoms with Crippen molar-refractivity contribution < 1.29 is 14.3 Å². The van der Waals surface area contributed by atoms with Crippen molar-refractivity contribution in [2.24, 2.45) is 0 Å². The molecular weight excluding hydrogens is 390 g/mol. The lowest BCUT2D eigenvalue weighted by Gasteiger charge is -2.22. The number of nitrogens with zero attached hydrogens (tertiary/aromatic N) is 2. The number of aryl methyl sites for hydroxylation is 1. The van der Waals surface area contributed by atoms with Gasteiger partial charge in [0.2, 0.25) is 0 Å². The maximum Gasteiger partial charge on any atom is 0.337 e. The van der Waals surface area contributed by atoms with Crippen molar-refractivity contribution in [3.8, 4) is 11.3 Å². The summed E-state index contributed by atoms with van der Waals surface area (Å²) in [5.74, 6) is -0.694. The number of methoxy groups -OCH3 is 1. The number of carbonyl (C=O) groups is 2. The van der Waals surface area contributed by atoms with E-state index in [-0.39, 0.29) is 5.91 Å². The number of rotatable bonds is 5. The molecule has 1 aliphatic heterocycles. The maximum atomic E-state index is 13.1. The minimum absolute atomic E-state index is 0.257. The lowest BCUT2D eigenvalue weighted by Crippen LogP contribution is -2.22. The van der Waals surface area contributed by atoms with Crippen LogP contribution in [0.1, 0.15) is 39.3 Å². The molecular formula is C25H25N3O3. The number of amides is 1. The third kappa shape index (κ3) is 4.43. The average molecular weight is 415 g/mol. The summed E-state index contributed by atoms with van der Waals surface area (Å²) in [4.78, 5) is 32.0. The number of hydrogen-bond acceptors (Lipinski definition) is 5. The van der Waals surface area contributed by atoms with Crippen LogP contribution in [0.25, 0.3) is 11.3 Å². The van der Waals surface area contributed by atoms with Crippen LogP contribution >= 0.6 is 0 Å².